The molecule has 0 radical (unpaired) electrons. The van der Waals surface area contributed by atoms with E-state index in [1.807, 2.05) is 19.9 Å². The number of likely N-dealkylation sites (tertiary alicyclic amines) is 1. The van der Waals surface area contributed by atoms with E-state index >= 15 is 0 Å². The van der Waals surface area contributed by atoms with Crippen molar-refractivity contribution >= 4 is 11.7 Å². The first-order chi connectivity index (χ1) is 12.5. The van der Waals surface area contributed by atoms with Crippen LogP contribution in [-0.4, -0.2) is 35.9 Å². The van der Waals surface area contributed by atoms with E-state index in [2.05, 4.69) is 0 Å². The Bertz CT molecular complexity index is 712. The van der Waals surface area contributed by atoms with Crippen molar-refractivity contribution in [3.8, 4) is 6.07 Å². The molecule has 2 aliphatic carbocycles. The van der Waals surface area contributed by atoms with Gasteiger partial charge in [0.25, 0.3) is 0 Å². The number of ketones is 1. The van der Waals surface area contributed by atoms with Crippen LogP contribution in [-0.2, 0) is 9.59 Å². The van der Waals surface area contributed by atoms with E-state index in [9.17, 15) is 28.0 Å². The summed E-state index contributed by atoms with van der Waals surface area (Å²) in [6.07, 6.45) is -0.616. The Labute approximate surface area is 157 Å². The maximum Gasteiger partial charge on any atom is 0.391 e. The van der Waals surface area contributed by atoms with E-state index in [1.54, 1.807) is 11.0 Å². The Morgan fingerprint density at radius 2 is 1.89 bits per heavy atom. The molecule has 0 bridgehead atoms. The number of nitrogens with zero attached hydrogens (tertiary/aromatic N) is 2. The van der Waals surface area contributed by atoms with Crippen molar-refractivity contribution in [2.24, 2.45) is 22.7 Å². The van der Waals surface area contributed by atoms with Crippen LogP contribution in [0.1, 0.15) is 52.4 Å². The molecule has 1 atom stereocenters. The highest BCUT2D eigenvalue weighted by Gasteiger charge is 2.50. The van der Waals surface area contributed by atoms with Gasteiger partial charge in [-0.25, -0.2) is 0 Å². The largest absolute Gasteiger partial charge is 0.391 e. The molecule has 1 spiro atoms. The van der Waals surface area contributed by atoms with Crippen molar-refractivity contribution in [2.45, 2.75) is 58.5 Å². The van der Waals surface area contributed by atoms with Crippen molar-refractivity contribution in [3.05, 3.63) is 11.6 Å². The number of Topliss-reactive ketones (excluding diaryl/α,β-unsaturated/α-hetero) is 1. The molecule has 1 heterocycles. The van der Waals surface area contributed by atoms with Crippen LogP contribution in [0.3, 0.4) is 0 Å². The third-order valence-electron chi connectivity index (χ3n) is 6.46. The molecular weight excluding hydrogens is 357 g/mol. The summed E-state index contributed by atoms with van der Waals surface area (Å²) in [4.78, 5) is 26.9. The summed E-state index contributed by atoms with van der Waals surface area (Å²) >= 11 is 0. The first-order valence-electron chi connectivity index (χ1n) is 9.51. The number of allylic oxidation sites excluding steroid dienone is 1. The number of hydrogen-bond acceptors (Lipinski definition) is 3. The van der Waals surface area contributed by atoms with Crippen molar-refractivity contribution in [1.29, 1.82) is 5.26 Å². The van der Waals surface area contributed by atoms with Crippen LogP contribution in [0.5, 0.6) is 0 Å². The fourth-order valence-corrected chi connectivity index (χ4v) is 5.10. The summed E-state index contributed by atoms with van der Waals surface area (Å²) in [5, 5.41) is 9.30. The van der Waals surface area contributed by atoms with Gasteiger partial charge in [0.05, 0.1) is 11.5 Å². The summed E-state index contributed by atoms with van der Waals surface area (Å²) < 4.78 is 38.5. The monoisotopic (exact) mass is 382 g/mol. The first kappa shape index (κ1) is 19.9. The SMILES string of the molecule is CC1(C)C[C@@]2(C=C(C#N)C1=O)CCN(C(=O)C1CCC(C(F)(F)F)CC1)C2. The van der Waals surface area contributed by atoms with Crippen LogP contribution < -0.4 is 0 Å². The topological polar surface area (TPSA) is 61.2 Å². The summed E-state index contributed by atoms with van der Waals surface area (Å²) in [6, 6.07) is 1.99. The number of amides is 1. The molecule has 0 N–H and O–H groups in total. The molecule has 1 amide bonds. The molecule has 1 aliphatic heterocycles. The molecule has 148 valence electrons. The Morgan fingerprint density at radius 1 is 1.26 bits per heavy atom. The second kappa shape index (κ2) is 6.65. The van der Waals surface area contributed by atoms with Crippen molar-refractivity contribution in [2.75, 3.05) is 13.1 Å². The molecule has 1 saturated heterocycles. The van der Waals surface area contributed by atoms with Gasteiger partial charge in [-0.15, -0.1) is 0 Å². The Kier molecular flexibility index (Phi) is 4.90. The quantitative estimate of drug-likeness (QED) is 0.688. The van der Waals surface area contributed by atoms with Crippen molar-refractivity contribution in [1.82, 2.24) is 4.90 Å². The number of rotatable bonds is 1. The maximum atomic E-state index is 12.9. The van der Waals surface area contributed by atoms with E-state index in [1.165, 1.54) is 0 Å². The van der Waals surface area contributed by atoms with Gasteiger partial charge in [-0.2, -0.15) is 18.4 Å². The minimum Gasteiger partial charge on any atom is -0.342 e. The number of nitriles is 1. The smallest absolute Gasteiger partial charge is 0.342 e. The van der Waals surface area contributed by atoms with Crippen LogP contribution >= 0.6 is 0 Å². The van der Waals surface area contributed by atoms with Crippen molar-refractivity contribution < 1.29 is 22.8 Å². The van der Waals surface area contributed by atoms with Gasteiger partial charge < -0.3 is 4.90 Å². The highest BCUT2D eigenvalue weighted by Crippen LogP contribution is 2.48. The number of carbonyl (C=O) groups is 2. The predicted molar refractivity (Wildman–Crippen MR) is 92.2 cm³/mol. The maximum absolute atomic E-state index is 12.9. The summed E-state index contributed by atoms with van der Waals surface area (Å²) in [7, 11) is 0. The number of alkyl halides is 3. The van der Waals surface area contributed by atoms with Gasteiger partial charge in [0.1, 0.15) is 6.07 Å². The van der Waals surface area contributed by atoms with Gasteiger partial charge in [0.15, 0.2) is 5.78 Å². The molecule has 0 aromatic heterocycles. The number of halogens is 3. The Morgan fingerprint density at radius 3 is 2.44 bits per heavy atom. The normalized spacial score (nSPS) is 33.7. The molecule has 3 rings (SSSR count). The minimum absolute atomic E-state index is 0.0128. The highest BCUT2D eigenvalue weighted by molar-refractivity contribution is 6.03. The zero-order valence-electron chi connectivity index (χ0n) is 15.7. The molecule has 3 aliphatic rings. The van der Waals surface area contributed by atoms with E-state index in [-0.39, 0.29) is 54.3 Å². The fourth-order valence-electron chi connectivity index (χ4n) is 5.10. The molecular formula is C20H25F3N2O2. The van der Waals surface area contributed by atoms with E-state index in [0.29, 0.717) is 25.9 Å². The average molecular weight is 382 g/mol. The molecule has 0 aromatic rings. The molecule has 27 heavy (non-hydrogen) atoms. The van der Waals surface area contributed by atoms with Gasteiger partial charge in [-0.05, 0) is 38.5 Å². The predicted octanol–water partition coefficient (Wildman–Crippen LogP) is 4.02. The summed E-state index contributed by atoms with van der Waals surface area (Å²) in [5.74, 6) is -1.88. The van der Waals surface area contributed by atoms with Crippen LogP contribution in [0, 0.1) is 34.0 Å². The highest BCUT2D eigenvalue weighted by atomic mass is 19.4. The standard InChI is InChI=1S/C20H25F3N2O2/c1-18(2)11-19(9-14(10-24)16(18)26)7-8-25(12-19)17(27)13-3-5-15(6-4-13)20(21,22)23/h9,13,15H,3-8,11-12H2,1-2H3/t13?,15?,19-/m0/s1. The van der Waals surface area contributed by atoms with Gasteiger partial charge >= 0.3 is 6.18 Å². The van der Waals surface area contributed by atoms with Crippen LogP contribution in [0.15, 0.2) is 11.6 Å². The zero-order valence-corrected chi connectivity index (χ0v) is 15.7. The Hall–Kier alpha value is -1.84. The van der Waals surface area contributed by atoms with Gasteiger partial charge in [0.2, 0.25) is 5.91 Å². The third-order valence-corrected chi connectivity index (χ3v) is 6.46. The molecule has 0 aromatic carbocycles. The Balaban J connectivity index is 1.68. The minimum atomic E-state index is -4.18. The molecule has 2 fully saturated rings. The molecule has 7 heteroatoms. The lowest BCUT2D eigenvalue weighted by Crippen LogP contribution is -2.42. The van der Waals surface area contributed by atoms with Gasteiger partial charge in [0, 0.05) is 29.8 Å². The zero-order chi connectivity index (χ0) is 20.0. The van der Waals surface area contributed by atoms with E-state index in [4.69, 9.17) is 0 Å². The average Bonchev–Trinajstić information content (AvgIpc) is 2.99. The molecule has 4 nitrogen and oxygen atoms in total. The third kappa shape index (κ3) is 3.76. The van der Waals surface area contributed by atoms with Gasteiger partial charge in [-0.1, -0.05) is 19.9 Å². The summed E-state index contributed by atoms with van der Waals surface area (Å²) in [6.45, 7) is 4.61. The molecule has 0 unspecified atom stereocenters. The van der Waals surface area contributed by atoms with Crippen LogP contribution in [0.4, 0.5) is 13.2 Å². The van der Waals surface area contributed by atoms with Gasteiger partial charge in [-0.3, -0.25) is 9.59 Å². The number of hydrogen-bond donors (Lipinski definition) is 0. The van der Waals surface area contributed by atoms with E-state index < -0.39 is 17.5 Å². The second-order valence-electron chi connectivity index (χ2n) is 9.02. The first-order valence-corrected chi connectivity index (χ1v) is 9.51. The summed E-state index contributed by atoms with van der Waals surface area (Å²) in [5.41, 5.74) is -0.878. The lowest BCUT2D eigenvalue weighted by molar-refractivity contribution is -0.185. The lowest BCUT2D eigenvalue weighted by Gasteiger charge is -2.39. The van der Waals surface area contributed by atoms with Crippen LogP contribution in [0.25, 0.3) is 0 Å². The lowest BCUT2D eigenvalue weighted by atomic mass is 9.64. The number of carbonyl (C=O) groups excluding carboxylic acids is 2. The molecule has 1 saturated carbocycles. The fraction of sp³-hybridized carbons (Fsp3) is 0.750. The van der Waals surface area contributed by atoms with E-state index in [0.717, 1.165) is 0 Å². The van der Waals surface area contributed by atoms with Crippen molar-refractivity contribution in [3.63, 3.8) is 0 Å². The van der Waals surface area contributed by atoms with Crippen LogP contribution in [0.2, 0.25) is 0 Å². The second-order valence-corrected chi connectivity index (χ2v) is 9.02.